The average molecular weight is 491 g/mol. The normalized spacial score (nSPS) is 14.4. The number of aryl methyl sites for hydroxylation is 1. The number of hydrogen-bond donors (Lipinski definition) is 1. The van der Waals surface area contributed by atoms with Gasteiger partial charge in [-0.05, 0) is 30.7 Å². The van der Waals surface area contributed by atoms with Gasteiger partial charge in [0.05, 0.1) is 22.7 Å². The molecular weight excluding hydrogens is 460 g/mol. The minimum Gasteiger partial charge on any atom is -0.336 e. The molecule has 1 fully saturated rings. The molecule has 1 amide bonds. The van der Waals surface area contributed by atoms with Gasteiger partial charge in [-0.25, -0.2) is 4.68 Å². The molecule has 1 aliphatic heterocycles. The van der Waals surface area contributed by atoms with E-state index in [9.17, 15) is 19.7 Å². The number of aromatic nitrogens is 2. The molecule has 1 N–H and O–H groups in total. The van der Waals surface area contributed by atoms with Crippen molar-refractivity contribution in [2.75, 3.05) is 39.3 Å². The van der Waals surface area contributed by atoms with E-state index in [0.717, 1.165) is 31.7 Å². The van der Waals surface area contributed by atoms with Crippen molar-refractivity contribution in [3.05, 3.63) is 91.9 Å². The first kappa shape index (κ1) is 25.1. The zero-order valence-electron chi connectivity index (χ0n) is 20.3. The summed E-state index contributed by atoms with van der Waals surface area (Å²) in [5.41, 5.74) is 2.28. The molecule has 10 nitrogen and oxygen atoms in total. The molecule has 10 heteroatoms. The largest absolute Gasteiger partial charge is 0.336 e. The zero-order valence-corrected chi connectivity index (χ0v) is 20.3. The van der Waals surface area contributed by atoms with Gasteiger partial charge in [0, 0.05) is 62.3 Å². The standard InChI is InChI=1S/C26H30N6O4/c1-2-6-24-23(26(34)31(28-24)21-9-11-22(12-10-21)32(35)36)19-27-13-14-29-15-17-30(18-16-29)25(33)20-7-4-3-5-8-20/h3-5,7-12,19,28H,2,6,13-18H2,1H3. The van der Waals surface area contributed by atoms with Crippen LogP contribution in [0.5, 0.6) is 0 Å². The van der Waals surface area contributed by atoms with Gasteiger partial charge in [-0.2, -0.15) is 0 Å². The Bertz CT molecular complexity index is 1270. The lowest BCUT2D eigenvalue weighted by Crippen LogP contribution is -2.49. The van der Waals surface area contributed by atoms with Crippen LogP contribution in [0.15, 0.2) is 64.4 Å². The van der Waals surface area contributed by atoms with Crippen LogP contribution in [-0.2, 0) is 6.42 Å². The highest BCUT2D eigenvalue weighted by atomic mass is 16.6. The highest BCUT2D eigenvalue weighted by Crippen LogP contribution is 2.15. The fourth-order valence-corrected chi connectivity index (χ4v) is 4.27. The van der Waals surface area contributed by atoms with Gasteiger partial charge in [0.1, 0.15) is 0 Å². The molecule has 2 aromatic carbocycles. The fourth-order valence-electron chi connectivity index (χ4n) is 4.27. The molecule has 0 radical (unpaired) electrons. The first-order chi connectivity index (χ1) is 17.5. The third kappa shape index (κ3) is 5.77. The van der Waals surface area contributed by atoms with E-state index in [1.54, 1.807) is 18.3 Å². The van der Waals surface area contributed by atoms with E-state index in [2.05, 4.69) is 15.0 Å². The second kappa shape index (κ2) is 11.6. The molecule has 0 aliphatic carbocycles. The highest BCUT2D eigenvalue weighted by molar-refractivity contribution is 5.94. The van der Waals surface area contributed by atoms with Crippen molar-refractivity contribution in [1.29, 1.82) is 0 Å². The third-order valence-electron chi connectivity index (χ3n) is 6.27. The number of nitro groups is 1. The molecule has 0 atom stereocenters. The molecule has 0 bridgehead atoms. The Morgan fingerprint density at radius 1 is 1.08 bits per heavy atom. The van der Waals surface area contributed by atoms with Crippen molar-refractivity contribution in [3.63, 3.8) is 0 Å². The van der Waals surface area contributed by atoms with E-state index in [0.29, 0.717) is 42.9 Å². The minimum atomic E-state index is -0.469. The number of aromatic amines is 1. The fraction of sp³-hybridized carbons (Fsp3) is 0.346. The number of nitrogens with one attached hydrogen (secondary N) is 1. The van der Waals surface area contributed by atoms with Gasteiger partial charge in [0.15, 0.2) is 0 Å². The number of non-ortho nitro benzene ring substituents is 1. The summed E-state index contributed by atoms with van der Waals surface area (Å²) in [4.78, 5) is 44.8. The van der Waals surface area contributed by atoms with Crippen molar-refractivity contribution < 1.29 is 9.72 Å². The summed E-state index contributed by atoms with van der Waals surface area (Å²) >= 11 is 0. The smallest absolute Gasteiger partial charge is 0.280 e. The molecule has 1 aromatic heterocycles. The van der Waals surface area contributed by atoms with Crippen LogP contribution in [0, 0.1) is 10.1 Å². The lowest BCUT2D eigenvalue weighted by Gasteiger charge is -2.34. The predicted molar refractivity (Wildman–Crippen MR) is 138 cm³/mol. The van der Waals surface area contributed by atoms with Crippen LogP contribution < -0.4 is 5.56 Å². The quantitative estimate of drug-likeness (QED) is 0.281. The highest BCUT2D eigenvalue weighted by Gasteiger charge is 2.21. The monoisotopic (exact) mass is 490 g/mol. The molecule has 1 saturated heterocycles. The SMILES string of the molecule is CCCc1[nH]n(-c2ccc([N+](=O)[O-])cc2)c(=O)c1C=NCCN1CCN(C(=O)c2ccccc2)CC1. The Morgan fingerprint density at radius 3 is 2.42 bits per heavy atom. The van der Waals surface area contributed by atoms with Gasteiger partial charge in [-0.1, -0.05) is 31.5 Å². The van der Waals surface area contributed by atoms with E-state index in [1.807, 2.05) is 42.2 Å². The lowest BCUT2D eigenvalue weighted by atomic mass is 10.2. The summed E-state index contributed by atoms with van der Waals surface area (Å²) in [6.45, 7) is 6.24. The second-order valence-electron chi connectivity index (χ2n) is 8.70. The number of nitrogens with zero attached hydrogens (tertiary/aromatic N) is 5. The maximum atomic E-state index is 13.1. The third-order valence-corrected chi connectivity index (χ3v) is 6.27. The molecule has 188 valence electrons. The van der Waals surface area contributed by atoms with Crippen LogP contribution in [0.4, 0.5) is 5.69 Å². The summed E-state index contributed by atoms with van der Waals surface area (Å²) in [7, 11) is 0. The van der Waals surface area contributed by atoms with Gasteiger partial charge in [-0.15, -0.1) is 0 Å². The van der Waals surface area contributed by atoms with Crippen LogP contribution >= 0.6 is 0 Å². The number of rotatable bonds is 9. The molecule has 4 rings (SSSR count). The van der Waals surface area contributed by atoms with E-state index in [1.165, 1.54) is 16.8 Å². The first-order valence-corrected chi connectivity index (χ1v) is 12.1. The number of hydrogen-bond acceptors (Lipinski definition) is 6. The predicted octanol–water partition coefficient (Wildman–Crippen LogP) is 2.90. The Labute approximate surface area is 209 Å². The molecule has 0 saturated carbocycles. The van der Waals surface area contributed by atoms with Crippen LogP contribution in [0.1, 0.15) is 35.0 Å². The molecule has 36 heavy (non-hydrogen) atoms. The van der Waals surface area contributed by atoms with Crippen LogP contribution in [-0.4, -0.2) is 75.9 Å². The van der Waals surface area contributed by atoms with Crippen molar-refractivity contribution in [2.24, 2.45) is 4.99 Å². The number of carbonyl (C=O) groups excluding carboxylic acids is 1. The Balaban J connectivity index is 1.35. The van der Waals surface area contributed by atoms with E-state index in [4.69, 9.17) is 0 Å². The lowest BCUT2D eigenvalue weighted by molar-refractivity contribution is -0.384. The topological polar surface area (TPSA) is 117 Å². The number of H-pyrrole nitrogens is 1. The van der Waals surface area contributed by atoms with Crippen molar-refractivity contribution in [2.45, 2.75) is 19.8 Å². The summed E-state index contributed by atoms with van der Waals surface area (Å²) in [6, 6.07) is 15.2. The number of benzene rings is 2. The molecule has 3 aromatic rings. The second-order valence-corrected chi connectivity index (χ2v) is 8.70. The van der Waals surface area contributed by atoms with Crippen molar-refractivity contribution in [3.8, 4) is 5.69 Å². The number of piperazine rings is 1. The first-order valence-electron chi connectivity index (χ1n) is 12.1. The van der Waals surface area contributed by atoms with Crippen LogP contribution in [0.2, 0.25) is 0 Å². The van der Waals surface area contributed by atoms with Crippen molar-refractivity contribution in [1.82, 2.24) is 19.6 Å². The van der Waals surface area contributed by atoms with Crippen LogP contribution in [0.25, 0.3) is 5.69 Å². The van der Waals surface area contributed by atoms with Gasteiger partial charge in [0.2, 0.25) is 0 Å². The maximum Gasteiger partial charge on any atom is 0.280 e. The minimum absolute atomic E-state index is 0.0285. The van der Waals surface area contributed by atoms with Gasteiger partial charge >= 0.3 is 0 Å². The Hall–Kier alpha value is -4.05. The summed E-state index contributed by atoms with van der Waals surface area (Å²) < 4.78 is 1.40. The van der Waals surface area contributed by atoms with E-state index >= 15 is 0 Å². The molecule has 0 spiro atoms. The van der Waals surface area contributed by atoms with E-state index in [-0.39, 0.29) is 17.2 Å². The number of aliphatic imine (C=N–C) groups is 1. The molecule has 2 heterocycles. The van der Waals surface area contributed by atoms with Crippen molar-refractivity contribution >= 4 is 17.8 Å². The summed E-state index contributed by atoms with van der Waals surface area (Å²) in [5.74, 6) is 0.0634. The van der Waals surface area contributed by atoms with Gasteiger partial charge in [-0.3, -0.25) is 34.7 Å². The Kier molecular flexibility index (Phi) is 8.06. The van der Waals surface area contributed by atoms with E-state index < -0.39 is 4.92 Å². The number of nitro benzene ring substituents is 1. The number of carbonyl (C=O) groups is 1. The van der Waals surface area contributed by atoms with Crippen LogP contribution in [0.3, 0.4) is 0 Å². The number of amides is 1. The maximum absolute atomic E-state index is 13.1. The Morgan fingerprint density at radius 2 is 1.78 bits per heavy atom. The summed E-state index contributed by atoms with van der Waals surface area (Å²) in [5, 5.41) is 14.0. The van der Waals surface area contributed by atoms with Gasteiger partial charge in [0.25, 0.3) is 17.2 Å². The average Bonchev–Trinajstić information content (AvgIpc) is 3.22. The van der Waals surface area contributed by atoms with Gasteiger partial charge < -0.3 is 4.90 Å². The molecule has 0 unspecified atom stereocenters. The summed E-state index contributed by atoms with van der Waals surface area (Å²) in [6.07, 6.45) is 3.17. The molecule has 1 aliphatic rings. The zero-order chi connectivity index (χ0) is 25.5. The molecular formula is C26H30N6O4.